The summed E-state index contributed by atoms with van der Waals surface area (Å²) in [6, 6.07) is 13.0. The molecule has 0 aliphatic rings. The molecular weight excluding hydrogens is 281 g/mol. The third kappa shape index (κ3) is 3.87. The van der Waals surface area contributed by atoms with Crippen LogP contribution in [0.15, 0.2) is 42.5 Å². The smallest absolute Gasteiger partial charge is 0.145 e. The number of nitrogens with zero attached hydrogens (tertiary/aromatic N) is 1. The molecule has 0 amide bonds. The second kappa shape index (κ2) is 6.78. The largest absolute Gasteiger partial charge is 0.490 e. The number of ether oxygens (including phenoxy) is 2. The van der Waals surface area contributed by atoms with Crippen molar-refractivity contribution in [2.75, 3.05) is 13.2 Å². The molecule has 102 valence electrons. The Kier molecular flexibility index (Phi) is 4.80. The van der Waals surface area contributed by atoms with Crippen LogP contribution in [0.1, 0.15) is 5.56 Å². The van der Waals surface area contributed by atoms with E-state index in [9.17, 15) is 4.39 Å². The first-order chi connectivity index (χ1) is 9.69. The highest BCUT2D eigenvalue weighted by Gasteiger charge is 2.02. The third-order valence-corrected chi connectivity index (χ3v) is 2.80. The van der Waals surface area contributed by atoms with Crippen LogP contribution in [-0.4, -0.2) is 13.2 Å². The summed E-state index contributed by atoms with van der Waals surface area (Å²) in [5.74, 6) is 0.530. The van der Waals surface area contributed by atoms with E-state index in [0.717, 1.165) is 0 Å². The van der Waals surface area contributed by atoms with Gasteiger partial charge in [-0.1, -0.05) is 11.6 Å². The minimum atomic E-state index is -0.517. The number of hydrogen-bond donors (Lipinski definition) is 0. The van der Waals surface area contributed by atoms with Crippen molar-refractivity contribution in [3.63, 3.8) is 0 Å². The Bertz CT molecular complexity index is 623. The van der Waals surface area contributed by atoms with Crippen molar-refractivity contribution in [1.29, 1.82) is 5.26 Å². The van der Waals surface area contributed by atoms with E-state index in [4.69, 9.17) is 26.3 Å². The second-order valence-electron chi connectivity index (χ2n) is 3.91. The number of rotatable bonds is 5. The quantitative estimate of drug-likeness (QED) is 0.787. The van der Waals surface area contributed by atoms with Gasteiger partial charge in [-0.05, 0) is 36.4 Å². The van der Waals surface area contributed by atoms with Crippen molar-refractivity contribution in [2.24, 2.45) is 0 Å². The second-order valence-corrected chi connectivity index (χ2v) is 4.32. The molecule has 3 nitrogen and oxygen atoms in total. The zero-order valence-corrected chi connectivity index (χ0v) is 11.2. The molecule has 0 saturated heterocycles. The summed E-state index contributed by atoms with van der Waals surface area (Å²) < 4.78 is 23.9. The predicted molar refractivity (Wildman–Crippen MR) is 73.6 cm³/mol. The molecule has 0 aliphatic heterocycles. The zero-order valence-electron chi connectivity index (χ0n) is 10.5. The topological polar surface area (TPSA) is 42.2 Å². The van der Waals surface area contributed by atoms with Gasteiger partial charge in [0.25, 0.3) is 0 Å². The van der Waals surface area contributed by atoms with Crippen molar-refractivity contribution in [2.45, 2.75) is 0 Å². The molecule has 0 unspecified atom stereocenters. The summed E-state index contributed by atoms with van der Waals surface area (Å²) in [5, 5.41) is 8.72. The van der Waals surface area contributed by atoms with Crippen LogP contribution >= 0.6 is 11.6 Å². The Balaban J connectivity index is 1.78. The van der Waals surface area contributed by atoms with E-state index in [1.807, 2.05) is 6.07 Å². The van der Waals surface area contributed by atoms with Gasteiger partial charge in [-0.15, -0.1) is 0 Å². The maximum absolute atomic E-state index is 13.2. The molecule has 0 saturated carbocycles. The van der Waals surface area contributed by atoms with Crippen molar-refractivity contribution < 1.29 is 13.9 Å². The minimum Gasteiger partial charge on any atom is -0.490 e. The van der Waals surface area contributed by atoms with Gasteiger partial charge < -0.3 is 9.47 Å². The van der Waals surface area contributed by atoms with E-state index in [1.165, 1.54) is 12.1 Å². The Labute approximate surface area is 121 Å². The fourth-order valence-corrected chi connectivity index (χ4v) is 1.63. The number of nitriles is 1. The number of hydrogen-bond acceptors (Lipinski definition) is 3. The fraction of sp³-hybridized carbons (Fsp3) is 0.133. The zero-order chi connectivity index (χ0) is 14.4. The molecule has 0 atom stereocenters. The van der Waals surface area contributed by atoms with E-state index >= 15 is 0 Å². The summed E-state index contributed by atoms with van der Waals surface area (Å²) >= 11 is 5.57. The van der Waals surface area contributed by atoms with E-state index < -0.39 is 5.82 Å². The van der Waals surface area contributed by atoms with Crippen molar-refractivity contribution in [3.8, 4) is 17.6 Å². The highest BCUT2D eigenvalue weighted by Crippen LogP contribution is 2.20. The van der Waals surface area contributed by atoms with Crippen LogP contribution in [0.5, 0.6) is 11.5 Å². The normalized spacial score (nSPS) is 9.85. The van der Waals surface area contributed by atoms with Crippen molar-refractivity contribution >= 4 is 11.6 Å². The molecule has 0 aromatic heterocycles. The molecule has 0 spiro atoms. The summed E-state index contributed by atoms with van der Waals surface area (Å²) in [4.78, 5) is 0. The molecule has 0 radical (unpaired) electrons. The average Bonchev–Trinajstić information content (AvgIpc) is 2.48. The maximum Gasteiger partial charge on any atom is 0.145 e. The van der Waals surface area contributed by atoms with Crippen LogP contribution < -0.4 is 9.47 Å². The monoisotopic (exact) mass is 291 g/mol. The molecule has 5 heteroatoms. The van der Waals surface area contributed by atoms with Gasteiger partial charge in [0.15, 0.2) is 0 Å². The molecule has 0 fully saturated rings. The lowest BCUT2D eigenvalue weighted by molar-refractivity contribution is 0.216. The molecule has 20 heavy (non-hydrogen) atoms. The molecule has 0 heterocycles. The van der Waals surface area contributed by atoms with Crippen LogP contribution in [0.2, 0.25) is 5.02 Å². The van der Waals surface area contributed by atoms with E-state index in [2.05, 4.69) is 0 Å². The van der Waals surface area contributed by atoms with E-state index in [0.29, 0.717) is 23.7 Å². The lowest BCUT2D eigenvalue weighted by atomic mass is 10.2. The number of halogens is 2. The van der Waals surface area contributed by atoms with Crippen LogP contribution in [0.3, 0.4) is 0 Å². The summed E-state index contributed by atoms with van der Waals surface area (Å²) in [6.07, 6.45) is 0. The van der Waals surface area contributed by atoms with Gasteiger partial charge in [0.1, 0.15) is 30.5 Å². The highest BCUT2D eigenvalue weighted by atomic mass is 35.5. The lowest BCUT2D eigenvalue weighted by Gasteiger charge is -2.08. The fourth-order valence-electron chi connectivity index (χ4n) is 1.51. The summed E-state index contributed by atoms with van der Waals surface area (Å²) in [7, 11) is 0. The highest BCUT2D eigenvalue weighted by molar-refractivity contribution is 6.30. The van der Waals surface area contributed by atoms with E-state index in [1.54, 1.807) is 30.3 Å². The summed E-state index contributed by atoms with van der Waals surface area (Å²) in [5.41, 5.74) is 0.574. The van der Waals surface area contributed by atoms with Crippen LogP contribution in [0.25, 0.3) is 0 Å². The van der Waals surface area contributed by atoms with Crippen LogP contribution in [0.4, 0.5) is 4.39 Å². The first-order valence-corrected chi connectivity index (χ1v) is 6.27. The maximum atomic E-state index is 13.2. The Morgan fingerprint density at radius 1 is 1.00 bits per heavy atom. The molecule has 2 rings (SSSR count). The van der Waals surface area contributed by atoms with Gasteiger partial charge in [0, 0.05) is 6.07 Å². The Morgan fingerprint density at radius 3 is 2.20 bits per heavy atom. The molecule has 2 aromatic rings. The van der Waals surface area contributed by atoms with Crippen LogP contribution in [0, 0.1) is 17.1 Å². The summed E-state index contributed by atoms with van der Waals surface area (Å²) in [6.45, 7) is 0.594. The Morgan fingerprint density at radius 2 is 1.60 bits per heavy atom. The van der Waals surface area contributed by atoms with Crippen molar-refractivity contribution in [1.82, 2.24) is 0 Å². The molecule has 0 aliphatic carbocycles. The van der Waals surface area contributed by atoms with E-state index in [-0.39, 0.29) is 11.6 Å². The molecule has 0 N–H and O–H groups in total. The van der Waals surface area contributed by atoms with Gasteiger partial charge in [0.2, 0.25) is 0 Å². The van der Waals surface area contributed by atoms with Gasteiger partial charge in [-0.3, -0.25) is 0 Å². The average molecular weight is 292 g/mol. The van der Waals surface area contributed by atoms with Gasteiger partial charge in [-0.2, -0.15) is 5.26 Å². The number of benzene rings is 2. The van der Waals surface area contributed by atoms with Crippen LogP contribution in [-0.2, 0) is 0 Å². The molecular formula is C15H11ClFNO2. The molecule has 2 aromatic carbocycles. The third-order valence-electron chi connectivity index (χ3n) is 2.50. The standard InChI is InChI=1S/C15H11ClFNO2/c16-14-6-5-13(9-15(14)17)20-8-7-19-12-3-1-11(10-18)2-4-12/h1-6,9H,7-8H2. The van der Waals surface area contributed by atoms with Crippen molar-refractivity contribution in [3.05, 3.63) is 58.9 Å². The first-order valence-electron chi connectivity index (χ1n) is 5.90. The lowest BCUT2D eigenvalue weighted by Crippen LogP contribution is -2.09. The Hall–Kier alpha value is -2.25. The van der Waals surface area contributed by atoms with Gasteiger partial charge in [-0.25, -0.2) is 4.39 Å². The first kappa shape index (κ1) is 14.2. The molecule has 0 bridgehead atoms. The van der Waals surface area contributed by atoms with Gasteiger partial charge in [0.05, 0.1) is 16.7 Å². The SMILES string of the molecule is N#Cc1ccc(OCCOc2ccc(Cl)c(F)c2)cc1. The van der Waals surface area contributed by atoms with Gasteiger partial charge >= 0.3 is 0 Å². The predicted octanol–water partition coefficient (Wildman–Crippen LogP) is 3.81. The minimum absolute atomic E-state index is 0.0613.